The Bertz CT molecular complexity index is 1100. The predicted molar refractivity (Wildman–Crippen MR) is 183 cm³/mol. The van der Waals surface area contributed by atoms with E-state index in [1.165, 1.54) is 24.6 Å². The number of thioether (sulfide) groups is 1. The highest BCUT2D eigenvalue weighted by Crippen LogP contribution is 2.36. The van der Waals surface area contributed by atoms with Crippen molar-refractivity contribution in [2.24, 2.45) is 11.8 Å². The Hall–Kier alpha value is -2.81. The minimum Gasteiger partial charge on any atom is -0.383 e. The van der Waals surface area contributed by atoms with E-state index in [0.717, 1.165) is 75.7 Å². The second kappa shape index (κ2) is 19.6. The molecule has 3 N–H and O–H groups in total. The van der Waals surface area contributed by atoms with Gasteiger partial charge in [0.1, 0.15) is 10.6 Å². The number of likely N-dealkylation sites (tertiary alicyclic amines) is 1. The Morgan fingerprint density at radius 1 is 1.07 bits per heavy atom. The summed E-state index contributed by atoms with van der Waals surface area (Å²) in [6.45, 7) is 16.6. The van der Waals surface area contributed by atoms with E-state index in [0.29, 0.717) is 32.6 Å². The van der Waals surface area contributed by atoms with Gasteiger partial charge < -0.3 is 30.7 Å². The Morgan fingerprint density at radius 2 is 1.78 bits per heavy atom. The molecule has 2 aliphatic rings. The maximum atomic E-state index is 13.2. The first-order valence-electron chi connectivity index (χ1n) is 17.0. The molecule has 3 atom stereocenters. The summed E-state index contributed by atoms with van der Waals surface area (Å²) in [7, 11) is 0. The minimum absolute atomic E-state index is 0.0422. The van der Waals surface area contributed by atoms with Crippen LogP contribution in [0.1, 0.15) is 65.4 Å². The van der Waals surface area contributed by atoms with Crippen LogP contribution in [0.3, 0.4) is 0 Å². The zero-order valence-corrected chi connectivity index (χ0v) is 28.7. The molecule has 0 spiro atoms. The number of benzene rings is 1. The van der Waals surface area contributed by atoms with Gasteiger partial charge in [-0.1, -0.05) is 32.9 Å². The van der Waals surface area contributed by atoms with E-state index in [9.17, 15) is 19.6 Å². The first kappa shape index (κ1) is 36.7. The van der Waals surface area contributed by atoms with E-state index in [1.807, 2.05) is 31.2 Å². The number of piperidine rings is 1. The minimum atomic E-state index is -0.913. The number of nitrogens with zero attached hydrogens (tertiary/aromatic N) is 4. The number of amides is 3. The van der Waals surface area contributed by atoms with Gasteiger partial charge in [0, 0.05) is 44.8 Å². The van der Waals surface area contributed by atoms with Gasteiger partial charge in [0.05, 0.1) is 6.07 Å². The van der Waals surface area contributed by atoms with Crippen LogP contribution in [0.2, 0.25) is 0 Å². The van der Waals surface area contributed by atoms with Crippen LogP contribution < -0.4 is 16.0 Å². The number of anilines is 1. The Balaban J connectivity index is 1.39. The van der Waals surface area contributed by atoms with Crippen molar-refractivity contribution in [3.05, 3.63) is 29.8 Å². The van der Waals surface area contributed by atoms with Crippen molar-refractivity contribution in [1.82, 2.24) is 25.3 Å². The van der Waals surface area contributed by atoms with Crippen LogP contribution in [-0.4, -0.2) is 108 Å². The van der Waals surface area contributed by atoms with Crippen molar-refractivity contribution in [1.29, 1.82) is 5.26 Å². The van der Waals surface area contributed by atoms with Crippen molar-refractivity contribution in [2.75, 3.05) is 70.8 Å². The largest absolute Gasteiger partial charge is 0.383 e. The Kier molecular flexibility index (Phi) is 16.0. The van der Waals surface area contributed by atoms with Gasteiger partial charge in [-0.05, 0) is 95.4 Å². The molecule has 10 nitrogen and oxygen atoms in total. The third-order valence-electron chi connectivity index (χ3n) is 9.00. The highest BCUT2D eigenvalue weighted by atomic mass is 32.2. The molecule has 11 heteroatoms. The van der Waals surface area contributed by atoms with Gasteiger partial charge >= 0.3 is 0 Å². The number of carbonyl (C=O) groups is 3. The monoisotopic (exact) mass is 641 g/mol. The molecule has 45 heavy (non-hydrogen) atoms. The van der Waals surface area contributed by atoms with Crippen molar-refractivity contribution in [2.45, 2.75) is 76.8 Å². The van der Waals surface area contributed by atoms with Crippen LogP contribution in [-0.2, 0) is 20.8 Å². The van der Waals surface area contributed by atoms with E-state index in [4.69, 9.17) is 0 Å². The topological polar surface area (TPSA) is 121 Å². The summed E-state index contributed by atoms with van der Waals surface area (Å²) < 4.78 is 0. The number of hydrogen-bond donors (Lipinski definition) is 3. The van der Waals surface area contributed by atoms with Gasteiger partial charge in [-0.2, -0.15) is 5.26 Å². The lowest BCUT2D eigenvalue weighted by Gasteiger charge is -2.30. The Morgan fingerprint density at radius 3 is 2.42 bits per heavy atom. The summed E-state index contributed by atoms with van der Waals surface area (Å²) >= 11 is 1.40. The summed E-state index contributed by atoms with van der Waals surface area (Å²) in [5.74, 6) is -0.366. The van der Waals surface area contributed by atoms with Crippen molar-refractivity contribution in [3.63, 3.8) is 0 Å². The first-order valence-corrected chi connectivity index (χ1v) is 17.9. The number of aryl methyl sites for hydroxylation is 1. The van der Waals surface area contributed by atoms with Crippen LogP contribution in [0.4, 0.5) is 5.69 Å². The third-order valence-corrected chi connectivity index (χ3v) is 10.5. The summed E-state index contributed by atoms with van der Waals surface area (Å²) in [5.41, 5.74) is 2.07. The Labute approximate surface area is 275 Å². The summed E-state index contributed by atoms with van der Waals surface area (Å²) in [6.07, 6.45) is 5.42. The number of carbonyl (C=O) groups excluding carboxylic acids is 3. The number of likely N-dealkylation sites (N-methyl/N-ethyl adjacent to an activating group) is 1. The quantitative estimate of drug-likeness (QED) is 0.196. The highest BCUT2D eigenvalue weighted by Gasteiger charge is 2.45. The van der Waals surface area contributed by atoms with Crippen LogP contribution in [0.15, 0.2) is 24.3 Å². The van der Waals surface area contributed by atoms with Gasteiger partial charge in [-0.25, -0.2) is 0 Å². The fourth-order valence-electron chi connectivity index (χ4n) is 5.94. The third kappa shape index (κ3) is 11.8. The highest BCUT2D eigenvalue weighted by molar-refractivity contribution is 8.01. The van der Waals surface area contributed by atoms with E-state index < -0.39 is 11.3 Å². The molecule has 0 radical (unpaired) electrons. The smallest absolute Gasteiger partial charge is 0.240 e. The maximum absolute atomic E-state index is 13.2. The molecule has 0 saturated carbocycles. The molecule has 1 aromatic rings. The van der Waals surface area contributed by atoms with Crippen LogP contribution >= 0.6 is 11.8 Å². The second-order valence-corrected chi connectivity index (χ2v) is 13.5. The average Bonchev–Trinajstić information content (AvgIpc) is 3.36. The molecule has 3 rings (SSSR count). The van der Waals surface area contributed by atoms with E-state index >= 15 is 0 Å². The summed E-state index contributed by atoms with van der Waals surface area (Å²) in [4.78, 5) is 44.8. The molecule has 2 unspecified atom stereocenters. The van der Waals surface area contributed by atoms with Crippen LogP contribution in [0, 0.1) is 23.2 Å². The van der Waals surface area contributed by atoms with Crippen LogP contribution in [0.25, 0.3) is 0 Å². The standard InChI is InChI=1S/C34H55N7O3S/c1-5-39(6-2)23-19-36-31(42)11-8-10-27-12-14-28(15-13-27)38-25-30-33(44)41(7-3)34(45-30)29(24-35)32(43)37-18-9-20-40-21-16-26(4)17-22-40/h12-15,26,29-30,34,38H,5-11,16-23,25H2,1-4H3,(H,36,42)(H,37,43)/t29?,30?,34-/m0/s1. The zero-order chi connectivity index (χ0) is 32.6. The van der Waals surface area contributed by atoms with Gasteiger partial charge in [-0.15, -0.1) is 11.8 Å². The molecule has 0 bridgehead atoms. The number of rotatable bonds is 19. The van der Waals surface area contributed by atoms with Crippen molar-refractivity contribution < 1.29 is 14.4 Å². The van der Waals surface area contributed by atoms with Crippen LogP contribution in [0.5, 0.6) is 0 Å². The number of nitriles is 1. The lowest BCUT2D eigenvalue weighted by Crippen LogP contribution is -2.44. The molecule has 2 fully saturated rings. The van der Waals surface area contributed by atoms with Gasteiger partial charge in [0.2, 0.25) is 17.7 Å². The second-order valence-electron chi connectivity index (χ2n) is 12.2. The van der Waals surface area contributed by atoms with Gasteiger partial charge in [-0.3, -0.25) is 14.4 Å². The molecule has 2 heterocycles. The fraction of sp³-hybridized carbons (Fsp3) is 0.706. The lowest BCUT2D eigenvalue weighted by atomic mass is 9.99. The fourth-order valence-corrected chi connectivity index (χ4v) is 7.45. The summed E-state index contributed by atoms with van der Waals surface area (Å²) in [6, 6.07) is 10.3. The molecule has 0 aromatic heterocycles. The molecule has 3 amide bonds. The molecule has 1 aromatic carbocycles. The van der Waals surface area contributed by atoms with E-state index in [-0.39, 0.29) is 23.0 Å². The molecule has 2 aliphatic heterocycles. The SMILES string of the molecule is CCN(CC)CCNC(=O)CCCc1ccc(NCC2S[C@@H](C(C#N)C(=O)NCCCN3CCC(C)CC3)N(CC)C2=O)cc1. The van der Waals surface area contributed by atoms with Crippen molar-refractivity contribution >= 4 is 35.2 Å². The molecular weight excluding hydrogens is 586 g/mol. The molecular formula is C34H55N7O3S. The average molecular weight is 642 g/mol. The maximum Gasteiger partial charge on any atom is 0.240 e. The molecule has 2 saturated heterocycles. The zero-order valence-electron chi connectivity index (χ0n) is 27.9. The summed E-state index contributed by atoms with van der Waals surface area (Å²) in [5, 5.41) is 18.4. The van der Waals surface area contributed by atoms with Gasteiger partial charge in [0.25, 0.3) is 0 Å². The van der Waals surface area contributed by atoms with Gasteiger partial charge in [0.15, 0.2) is 5.92 Å². The first-order chi connectivity index (χ1) is 21.8. The van der Waals surface area contributed by atoms with Crippen molar-refractivity contribution in [3.8, 4) is 6.07 Å². The molecule has 0 aliphatic carbocycles. The van der Waals surface area contributed by atoms with E-state index in [2.05, 4.69) is 52.6 Å². The number of nitrogens with one attached hydrogen (secondary N) is 3. The number of hydrogen-bond acceptors (Lipinski definition) is 8. The normalized spacial score (nSPS) is 19.8. The molecule has 250 valence electrons. The van der Waals surface area contributed by atoms with E-state index in [1.54, 1.807) is 4.90 Å². The predicted octanol–water partition coefficient (Wildman–Crippen LogP) is 3.55. The lowest BCUT2D eigenvalue weighted by molar-refractivity contribution is -0.131.